The minimum Gasteiger partial charge on any atom is -0.399 e. The molecular weight excluding hydrogens is 282 g/mol. The van der Waals surface area contributed by atoms with Crippen molar-refractivity contribution in [2.45, 2.75) is 26.2 Å². The van der Waals surface area contributed by atoms with E-state index in [1.165, 1.54) is 0 Å². The molecule has 4 heteroatoms. The molecule has 0 atom stereocenters. The standard InChI is InChI=1S/C17H18ClN3/c1-17(2,3)16-20-14-10-12(19)6-9-15(14)21(16)13-7-4-11(18)5-8-13/h4-10H,19H2,1-3H3. The van der Waals surface area contributed by atoms with E-state index in [1.807, 2.05) is 42.5 Å². The molecule has 0 amide bonds. The summed E-state index contributed by atoms with van der Waals surface area (Å²) in [7, 11) is 0. The fourth-order valence-corrected chi connectivity index (χ4v) is 2.58. The van der Waals surface area contributed by atoms with Gasteiger partial charge in [0, 0.05) is 21.8 Å². The van der Waals surface area contributed by atoms with Gasteiger partial charge in [0.25, 0.3) is 0 Å². The number of nitrogens with two attached hydrogens (primary N) is 1. The minimum absolute atomic E-state index is 0.0760. The first-order valence-corrected chi connectivity index (χ1v) is 7.28. The van der Waals surface area contributed by atoms with Gasteiger partial charge >= 0.3 is 0 Å². The molecule has 3 nitrogen and oxygen atoms in total. The van der Waals surface area contributed by atoms with Gasteiger partial charge in [0.05, 0.1) is 11.0 Å². The summed E-state index contributed by atoms with van der Waals surface area (Å²) in [5.41, 5.74) is 9.55. The van der Waals surface area contributed by atoms with Crippen molar-refractivity contribution in [1.29, 1.82) is 0 Å². The number of hydrogen-bond donors (Lipinski definition) is 1. The molecule has 108 valence electrons. The third kappa shape index (κ3) is 2.49. The van der Waals surface area contributed by atoms with Crippen LogP contribution in [0.15, 0.2) is 42.5 Å². The van der Waals surface area contributed by atoms with Gasteiger partial charge in [-0.25, -0.2) is 4.98 Å². The van der Waals surface area contributed by atoms with E-state index in [-0.39, 0.29) is 5.41 Å². The van der Waals surface area contributed by atoms with Crippen molar-refractivity contribution >= 4 is 28.3 Å². The van der Waals surface area contributed by atoms with E-state index in [9.17, 15) is 0 Å². The van der Waals surface area contributed by atoms with Crippen molar-refractivity contribution in [3.8, 4) is 5.69 Å². The van der Waals surface area contributed by atoms with Gasteiger partial charge in [0.15, 0.2) is 0 Å². The number of halogens is 1. The molecule has 0 unspecified atom stereocenters. The normalized spacial score (nSPS) is 12.0. The number of rotatable bonds is 1. The number of benzene rings is 2. The van der Waals surface area contributed by atoms with Gasteiger partial charge in [-0.05, 0) is 42.5 Å². The first-order chi connectivity index (χ1) is 9.86. The highest BCUT2D eigenvalue weighted by Crippen LogP contribution is 2.30. The Labute approximate surface area is 129 Å². The number of anilines is 1. The molecule has 21 heavy (non-hydrogen) atoms. The highest BCUT2D eigenvalue weighted by molar-refractivity contribution is 6.30. The van der Waals surface area contributed by atoms with Gasteiger partial charge in [-0.1, -0.05) is 32.4 Å². The molecule has 0 bridgehead atoms. The second kappa shape index (κ2) is 4.78. The Hall–Kier alpha value is -2.00. The van der Waals surface area contributed by atoms with Crippen LogP contribution in [0.4, 0.5) is 5.69 Å². The molecule has 0 saturated carbocycles. The van der Waals surface area contributed by atoms with E-state index in [0.717, 1.165) is 33.3 Å². The number of aromatic nitrogens is 2. The van der Waals surface area contributed by atoms with E-state index in [2.05, 4.69) is 25.3 Å². The number of nitrogens with zero attached hydrogens (tertiary/aromatic N) is 2. The molecule has 2 aromatic carbocycles. The second-order valence-electron chi connectivity index (χ2n) is 6.25. The van der Waals surface area contributed by atoms with Crippen LogP contribution in [0.3, 0.4) is 0 Å². The summed E-state index contributed by atoms with van der Waals surface area (Å²) in [6.07, 6.45) is 0. The largest absolute Gasteiger partial charge is 0.399 e. The lowest BCUT2D eigenvalue weighted by Gasteiger charge is -2.20. The van der Waals surface area contributed by atoms with Crippen molar-refractivity contribution in [2.24, 2.45) is 0 Å². The third-order valence-electron chi connectivity index (χ3n) is 3.43. The maximum Gasteiger partial charge on any atom is 0.119 e. The van der Waals surface area contributed by atoms with Crippen LogP contribution in [0, 0.1) is 0 Å². The van der Waals surface area contributed by atoms with Crippen molar-refractivity contribution in [1.82, 2.24) is 9.55 Å². The van der Waals surface area contributed by atoms with E-state index in [0.29, 0.717) is 0 Å². The summed E-state index contributed by atoms with van der Waals surface area (Å²) in [5, 5.41) is 0.727. The first kappa shape index (κ1) is 14.0. The molecule has 0 fully saturated rings. The molecule has 0 saturated heterocycles. The Kier molecular flexibility index (Phi) is 3.18. The molecule has 0 radical (unpaired) electrons. The molecule has 2 N–H and O–H groups in total. The van der Waals surface area contributed by atoms with Crippen LogP contribution in [-0.2, 0) is 5.41 Å². The lowest BCUT2D eigenvalue weighted by atomic mass is 9.95. The van der Waals surface area contributed by atoms with E-state index >= 15 is 0 Å². The smallest absolute Gasteiger partial charge is 0.119 e. The van der Waals surface area contributed by atoms with E-state index in [4.69, 9.17) is 22.3 Å². The number of nitrogen functional groups attached to an aromatic ring is 1. The number of hydrogen-bond acceptors (Lipinski definition) is 2. The molecule has 3 aromatic rings. The summed E-state index contributed by atoms with van der Waals surface area (Å²) < 4.78 is 2.17. The highest BCUT2D eigenvalue weighted by Gasteiger charge is 2.23. The molecule has 0 aliphatic carbocycles. The summed E-state index contributed by atoms with van der Waals surface area (Å²) in [6.45, 7) is 6.47. The fourth-order valence-electron chi connectivity index (χ4n) is 2.45. The Bertz CT molecular complexity index is 795. The van der Waals surface area contributed by atoms with Crippen molar-refractivity contribution in [3.05, 3.63) is 53.3 Å². The van der Waals surface area contributed by atoms with Crippen LogP contribution in [0.5, 0.6) is 0 Å². The molecule has 1 aromatic heterocycles. The Balaban J connectivity index is 2.35. The van der Waals surface area contributed by atoms with Crippen molar-refractivity contribution in [2.75, 3.05) is 5.73 Å². The van der Waals surface area contributed by atoms with E-state index < -0.39 is 0 Å². The summed E-state index contributed by atoms with van der Waals surface area (Å²) >= 11 is 6.00. The quantitative estimate of drug-likeness (QED) is 0.669. The van der Waals surface area contributed by atoms with Gasteiger partial charge in [-0.3, -0.25) is 4.57 Å². The average Bonchev–Trinajstić information content (AvgIpc) is 2.78. The summed E-state index contributed by atoms with van der Waals surface area (Å²) in [4.78, 5) is 4.79. The Morgan fingerprint density at radius 2 is 1.71 bits per heavy atom. The summed E-state index contributed by atoms with van der Waals surface area (Å²) in [6, 6.07) is 13.6. The van der Waals surface area contributed by atoms with Crippen LogP contribution in [0.25, 0.3) is 16.7 Å². The van der Waals surface area contributed by atoms with Crippen LogP contribution in [-0.4, -0.2) is 9.55 Å². The topological polar surface area (TPSA) is 43.8 Å². The predicted octanol–water partition coefficient (Wildman–Crippen LogP) is 4.56. The molecule has 3 rings (SSSR count). The number of imidazole rings is 1. The zero-order valence-corrected chi connectivity index (χ0v) is 13.1. The average molecular weight is 300 g/mol. The molecule has 0 spiro atoms. The maximum atomic E-state index is 6.00. The third-order valence-corrected chi connectivity index (χ3v) is 3.69. The Morgan fingerprint density at radius 3 is 2.33 bits per heavy atom. The van der Waals surface area contributed by atoms with Gasteiger partial charge < -0.3 is 5.73 Å². The van der Waals surface area contributed by atoms with Crippen LogP contribution in [0.1, 0.15) is 26.6 Å². The second-order valence-corrected chi connectivity index (χ2v) is 6.68. The van der Waals surface area contributed by atoms with Gasteiger partial charge in [0.2, 0.25) is 0 Å². The van der Waals surface area contributed by atoms with Gasteiger partial charge in [0.1, 0.15) is 5.82 Å². The van der Waals surface area contributed by atoms with Crippen LogP contribution < -0.4 is 5.73 Å². The van der Waals surface area contributed by atoms with E-state index in [1.54, 1.807) is 0 Å². The maximum absolute atomic E-state index is 6.00. The van der Waals surface area contributed by atoms with Crippen molar-refractivity contribution in [3.63, 3.8) is 0 Å². The molecule has 0 aliphatic rings. The predicted molar refractivity (Wildman–Crippen MR) is 89.2 cm³/mol. The molecule has 0 aliphatic heterocycles. The van der Waals surface area contributed by atoms with Gasteiger partial charge in [-0.2, -0.15) is 0 Å². The lowest BCUT2D eigenvalue weighted by Crippen LogP contribution is -2.18. The first-order valence-electron chi connectivity index (χ1n) is 6.91. The minimum atomic E-state index is -0.0760. The fraction of sp³-hybridized carbons (Fsp3) is 0.235. The molecule has 1 heterocycles. The zero-order chi connectivity index (χ0) is 15.2. The Morgan fingerprint density at radius 1 is 1.05 bits per heavy atom. The highest BCUT2D eigenvalue weighted by atomic mass is 35.5. The monoisotopic (exact) mass is 299 g/mol. The lowest BCUT2D eigenvalue weighted by molar-refractivity contribution is 0.539. The van der Waals surface area contributed by atoms with Gasteiger partial charge in [-0.15, -0.1) is 0 Å². The summed E-state index contributed by atoms with van der Waals surface area (Å²) in [5.74, 6) is 1.01. The zero-order valence-electron chi connectivity index (χ0n) is 12.4. The van der Waals surface area contributed by atoms with Crippen LogP contribution in [0.2, 0.25) is 5.02 Å². The van der Waals surface area contributed by atoms with Crippen molar-refractivity contribution < 1.29 is 0 Å². The SMILES string of the molecule is CC(C)(C)c1nc2cc(N)ccc2n1-c1ccc(Cl)cc1. The number of fused-ring (bicyclic) bond motifs is 1. The molecular formula is C17H18ClN3. The van der Waals surface area contributed by atoms with Crippen LogP contribution >= 0.6 is 11.6 Å².